The SMILES string of the molecule is C=C1C=CN([C@@H]2O[C@@H]3CO[P@](=O)(OCc4ccccc4)O[C@H]3[C@@]2(C)F)C(=O)N1. The molecule has 1 N–H and O–H groups in total. The van der Waals surface area contributed by atoms with Crippen molar-refractivity contribution in [2.24, 2.45) is 0 Å². The van der Waals surface area contributed by atoms with Crippen molar-refractivity contribution in [3.63, 3.8) is 0 Å². The van der Waals surface area contributed by atoms with E-state index >= 15 is 4.39 Å². The lowest BCUT2D eigenvalue weighted by atomic mass is 9.98. The monoisotopic (exact) mass is 410 g/mol. The van der Waals surface area contributed by atoms with Gasteiger partial charge in [0.1, 0.15) is 12.2 Å². The maximum Gasteiger partial charge on any atom is 0.475 e. The molecular formula is C18H20FN2O6P. The Morgan fingerprint density at radius 2 is 2.18 bits per heavy atom. The van der Waals surface area contributed by atoms with Crippen molar-refractivity contribution in [2.45, 2.75) is 37.6 Å². The van der Waals surface area contributed by atoms with E-state index in [0.29, 0.717) is 5.70 Å². The minimum absolute atomic E-state index is 0.0117. The highest BCUT2D eigenvalue weighted by molar-refractivity contribution is 7.48. The molecule has 2 amide bonds. The standard InChI is InChI=1S/C18H20FN2O6P/c1-12-8-9-21(17(22)20-12)16-18(2,19)15-14(26-16)11-25-28(23,27-15)24-10-13-6-4-3-5-7-13/h3-9,14-16H,1,10-11H2,2H3,(H,20,22)/t14-,15-,16-,18-,28+/m1/s1. The second-order valence-electron chi connectivity index (χ2n) is 6.88. The third-order valence-electron chi connectivity index (χ3n) is 4.74. The Morgan fingerprint density at radius 1 is 1.43 bits per heavy atom. The maximum absolute atomic E-state index is 15.6. The summed E-state index contributed by atoms with van der Waals surface area (Å²) >= 11 is 0. The van der Waals surface area contributed by atoms with E-state index in [0.717, 1.165) is 10.5 Å². The third-order valence-corrected chi connectivity index (χ3v) is 6.14. The summed E-state index contributed by atoms with van der Waals surface area (Å²) in [6.07, 6.45) is -0.439. The summed E-state index contributed by atoms with van der Waals surface area (Å²) in [7, 11) is -3.99. The van der Waals surface area contributed by atoms with Crippen LogP contribution in [0.4, 0.5) is 9.18 Å². The maximum atomic E-state index is 15.6. The number of phosphoric acid groups is 1. The van der Waals surface area contributed by atoms with Crippen LogP contribution in [-0.2, 0) is 29.5 Å². The van der Waals surface area contributed by atoms with Crippen molar-refractivity contribution in [3.05, 3.63) is 60.4 Å². The number of ether oxygens (including phenoxy) is 1. The number of fused-ring (bicyclic) bond motifs is 1. The summed E-state index contributed by atoms with van der Waals surface area (Å²) in [5.74, 6) is 0. The molecule has 28 heavy (non-hydrogen) atoms. The average Bonchev–Trinajstić information content (AvgIpc) is 2.91. The van der Waals surface area contributed by atoms with E-state index in [-0.39, 0.29) is 13.2 Å². The molecule has 1 aromatic rings. The second-order valence-corrected chi connectivity index (χ2v) is 8.51. The van der Waals surface area contributed by atoms with Gasteiger partial charge in [0.05, 0.1) is 13.2 Å². The first-order valence-corrected chi connectivity index (χ1v) is 10.2. The molecule has 0 aliphatic carbocycles. The van der Waals surface area contributed by atoms with Gasteiger partial charge in [-0.15, -0.1) is 0 Å². The molecule has 2 fully saturated rings. The zero-order chi connectivity index (χ0) is 19.9. The molecule has 2 saturated heterocycles. The van der Waals surface area contributed by atoms with Crippen molar-refractivity contribution in [1.29, 1.82) is 0 Å². The summed E-state index contributed by atoms with van der Waals surface area (Å²) in [6, 6.07) is 8.48. The van der Waals surface area contributed by atoms with E-state index in [2.05, 4.69) is 11.9 Å². The van der Waals surface area contributed by atoms with Crippen LogP contribution >= 0.6 is 7.82 Å². The lowest BCUT2D eigenvalue weighted by molar-refractivity contribution is -0.0787. The molecule has 10 heteroatoms. The van der Waals surface area contributed by atoms with Gasteiger partial charge in [-0.1, -0.05) is 36.9 Å². The van der Waals surface area contributed by atoms with Gasteiger partial charge in [0.2, 0.25) is 0 Å². The van der Waals surface area contributed by atoms with E-state index in [9.17, 15) is 9.36 Å². The summed E-state index contributed by atoms with van der Waals surface area (Å²) in [6.45, 7) is 4.66. The number of hydrogen-bond acceptors (Lipinski definition) is 6. The first-order chi connectivity index (χ1) is 13.3. The third kappa shape index (κ3) is 3.52. The highest BCUT2D eigenvalue weighted by Gasteiger charge is 2.63. The molecule has 0 saturated carbocycles. The summed E-state index contributed by atoms with van der Waals surface area (Å²) in [5, 5.41) is 2.49. The molecule has 0 unspecified atom stereocenters. The van der Waals surface area contributed by atoms with Crippen LogP contribution in [0.25, 0.3) is 0 Å². The molecular weight excluding hydrogens is 390 g/mol. The van der Waals surface area contributed by atoms with Crippen LogP contribution in [-0.4, -0.2) is 41.6 Å². The highest BCUT2D eigenvalue weighted by Crippen LogP contribution is 2.58. The molecule has 3 aliphatic heterocycles. The smallest absolute Gasteiger partial charge is 0.346 e. The predicted octanol–water partition coefficient (Wildman–Crippen LogP) is 3.23. The number of carbonyl (C=O) groups excluding carboxylic acids is 1. The number of amides is 2. The number of rotatable bonds is 4. The molecule has 0 bridgehead atoms. The van der Waals surface area contributed by atoms with Crippen LogP contribution in [0, 0.1) is 0 Å². The van der Waals surface area contributed by atoms with Crippen LogP contribution < -0.4 is 5.32 Å². The fraction of sp³-hybridized carbons (Fsp3) is 0.389. The van der Waals surface area contributed by atoms with Gasteiger partial charge in [-0.2, -0.15) is 0 Å². The number of hydrogen-bond donors (Lipinski definition) is 1. The van der Waals surface area contributed by atoms with Crippen molar-refractivity contribution in [3.8, 4) is 0 Å². The van der Waals surface area contributed by atoms with E-state index in [4.69, 9.17) is 18.3 Å². The number of alkyl halides is 1. The van der Waals surface area contributed by atoms with E-state index in [1.165, 1.54) is 19.2 Å². The number of halogens is 1. The predicted molar refractivity (Wildman–Crippen MR) is 96.5 cm³/mol. The van der Waals surface area contributed by atoms with Gasteiger partial charge in [-0.25, -0.2) is 13.8 Å². The van der Waals surface area contributed by atoms with Crippen molar-refractivity contribution in [1.82, 2.24) is 10.2 Å². The van der Waals surface area contributed by atoms with Gasteiger partial charge < -0.3 is 10.1 Å². The van der Waals surface area contributed by atoms with Crippen molar-refractivity contribution in [2.75, 3.05) is 6.61 Å². The Hall–Kier alpha value is -2.03. The van der Waals surface area contributed by atoms with Gasteiger partial charge >= 0.3 is 13.9 Å². The molecule has 0 radical (unpaired) electrons. The summed E-state index contributed by atoms with van der Waals surface area (Å²) in [4.78, 5) is 13.3. The quantitative estimate of drug-likeness (QED) is 0.767. The molecule has 3 aliphatic rings. The number of allylic oxidation sites excluding steroid dienone is 1. The number of nitrogens with zero attached hydrogens (tertiary/aromatic N) is 1. The number of carbonyl (C=O) groups is 1. The summed E-state index contributed by atoms with van der Waals surface area (Å²) < 4.78 is 50.1. The average molecular weight is 410 g/mol. The van der Waals surface area contributed by atoms with Crippen LogP contribution in [0.2, 0.25) is 0 Å². The van der Waals surface area contributed by atoms with E-state index < -0.39 is 38.0 Å². The Kier molecular flexibility index (Phi) is 4.89. The second kappa shape index (κ2) is 7.09. The van der Waals surface area contributed by atoms with Gasteiger partial charge in [0.15, 0.2) is 11.9 Å². The lowest BCUT2D eigenvalue weighted by Crippen LogP contribution is -2.54. The van der Waals surface area contributed by atoms with Crippen LogP contribution in [0.3, 0.4) is 0 Å². The number of nitrogens with one attached hydrogen (secondary N) is 1. The Labute approximate surface area is 161 Å². The van der Waals surface area contributed by atoms with E-state index in [1.54, 1.807) is 12.1 Å². The molecule has 0 spiro atoms. The zero-order valence-corrected chi connectivity index (χ0v) is 16.0. The number of phosphoric ester groups is 1. The molecule has 4 rings (SSSR count). The fourth-order valence-electron chi connectivity index (χ4n) is 3.31. The molecule has 0 aromatic heterocycles. The Bertz CT molecular complexity index is 861. The zero-order valence-electron chi connectivity index (χ0n) is 15.1. The lowest BCUT2D eigenvalue weighted by Gasteiger charge is -2.35. The fourth-order valence-corrected chi connectivity index (χ4v) is 4.76. The normalized spacial score (nSPS) is 37.6. The number of benzene rings is 1. The van der Waals surface area contributed by atoms with Crippen LogP contribution in [0.5, 0.6) is 0 Å². The topological polar surface area (TPSA) is 86.3 Å². The van der Waals surface area contributed by atoms with Crippen molar-refractivity contribution < 1.29 is 32.1 Å². The molecule has 5 atom stereocenters. The molecule has 3 heterocycles. The Balaban J connectivity index is 1.49. The van der Waals surface area contributed by atoms with Gasteiger partial charge in [-0.05, 0) is 18.6 Å². The van der Waals surface area contributed by atoms with Gasteiger partial charge in [0, 0.05) is 11.9 Å². The molecule has 1 aromatic carbocycles. The molecule has 8 nitrogen and oxygen atoms in total. The first-order valence-electron chi connectivity index (χ1n) is 8.71. The van der Waals surface area contributed by atoms with Crippen LogP contribution in [0.1, 0.15) is 12.5 Å². The number of urea groups is 1. The molecule has 150 valence electrons. The van der Waals surface area contributed by atoms with E-state index in [1.807, 2.05) is 18.2 Å². The largest absolute Gasteiger partial charge is 0.475 e. The van der Waals surface area contributed by atoms with Gasteiger partial charge in [-0.3, -0.25) is 18.5 Å². The highest BCUT2D eigenvalue weighted by atomic mass is 31.2. The minimum atomic E-state index is -3.99. The Morgan fingerprint density at radius 3 is 2.89 bits per heavy atom. The summed E-state index contributed by atoms with van der Waals surface area (Å²) in [5.41, 5.74) is -0.998. The van der Waals surface area contributed by atoms with Gasteiger partial charge in [0.25, 0.3) is 0 Å². The first kappa shape index (κ1) is 19.3. The minimum Gasteiger partial charge on any atom is -0.346 e. The van der Waals surface area contributed by atoms with Crippen LogP contribution in [0.15, 0.2) is 54.9 Å². The van der Waals surface area contributed by atoms with Crippen molar-refractivity contribution >= 4 is 13.9 Å².